The zero-order valence-corrected chi connectivity index (χ0v) is 13.5. The second kappa shape index (κ2) is 6.80. The van der Waals surface area contributed by atoms with Gasteiger partial charge in [0.25, 0.3) is 0 Å². The lowest BCUT2D eigenvalue weighted by Gasteiger charge is -2.05. The number of rotatable bonds is 5. The molecule has 1 heterocycles. The van der Waals surface area contributed by atoms with Gasteiger partial charge in [0.1, 0.15) is 5.82 Å². The number of hydrogen-bond donors (Lipinski definition) is 1. The van der Waals surface area contributed by atoms with Gasteiger partial charge in [-0.3, -0.25) is 0 Å². The van der Waals surface area contributed by atoms with Crippen molar-refractivity contribution in [2.45, 2.75) is 13.0 Å². The highest BCUT2D eigenvalue weighted by atomic mass is 79.9. The van der Waals surface area contributed by atoms with Crippen molar-refractivity contribution in [2.75, 3.05) is 6.54 Å². The van der Waals surface area contributed by atoms with Gasteiger partial charge in [0, 0.05) is 28.0 Å². The van der Waals surface area contributed by atoms with Crippen LogP contribution in [-0.4, -0.2) is 6.54 Å². The van der Waals surface area contributed by atoms with Gasteiger partial charge in [-0.2, -0.15) is 0 Å². The fourth-order valence-corrected chi connectivity index (χ4v) is 3.40. The molecular weight excluding hydrogens is 381 g/mol. The van der Waals surface area contributed by atoms with Crippen LogP contribution in [0.15, 0.2) is 38.6 Å². The molecule has 2 rings (SSSR count). The molecule has 0 fully saturated rings. The molecule has 0 spiro atoms. The van der Waals surface area contributed by atoms with Crippen LogP contribution in [0.2, 0.25) is 0 Å². The normalized spacial score (nSPS) is 10.8. The van der Waals surface area contributed by atoms with E-state index in [1.54, 1.807) is 17.4 Å². The standard InChI is InChI=1S/C13H12Br2FNS/c14-10-2-1-9(12(16)7-10)8-17-6-5-11-3-4-13(15)18-11/h1-4,7,17H,5-6,8H2. The van der Waals surface area contributed by atoms with Crippen LogP contribution in [0.5, 0.6) is 0 Å². The van der Waals surface area contributed by atoms with Crippen LogP contribution in [0, 0.1) is 5.82 Å². The average Bonchev–Trinajstić information content (AvgIpc) is 2.73. The highest BCUT2D eigenvalue weighted by Gasteiger charge is 2.02. The fraction of sp³-hybridized carbons (Fsp3) is 0.231. The van der Waals surface area contributed by atoms with Crippen LogP contribution in [-0.2, 0) is 13.0 Å². The Bertz CT molecular complexity index is 527. The molecule has 0 aliphatic heterocycles. The topological polar surface area (TPSA) is 12.0 Å². The minimum atomic E-state index is -0.171. The zero-order chi connectivity index (χ0) is 13.0. The lowest BCUT2D eigenvalue weighted by Crippen LogP contribution is -2.17. The van der Waals surface area contributed by atoms with Crippen molar-refractivity contribution in [3.05, 3.63) is 54.8 Å². The molecular formula is C13H12Br2FNS. The Morgan fingerprint density at radius 1 is 1.17 bits per heavy atom. The molecule has 96 valence electrons. The summed E-state index contributed by atoms with van der Waals surface area (Å²) in [7, 11) is 0. The van der Waals surface area contributed by atoms with Crippen molar-refractivity contribution >= 4 is 43.2 Å². The lowest BCUT2D eigenvalue weighted by atomic mass is 10.2. The quantitative estimate of drug-likeness (QED) is 0.724. The Morgan fingerprint density at radius 3 is 2.67 bits per heavy atom. The molecule has 0 saturated carbocycles. The van der Waals surface area contributed by atoms with Crippen LogP contribution in [0.1, 0.15) is 10.4 Å². The molecule has 1 aromatic carbocycles. The second-order valence-electron chi connectivity index (χ2n) is 3.87. The molecule has 18 heavy (non-hydrogen) atoms. The molecule has 0 saturated heterocycles. The van der Waals surface area contributed by atoms with Crippen LogP contribution < -0.4 is 5.32 Å². The number of halogens is 3. The molecule has 1 N–H and O–H groups in total. The van der Waals surface area contributed by atoms with Crippen molar-refractivity contribution in [2.24, 2.45) is 0 Å². The Balaban J connectivity index is 1.78. The molecule has 0 aliphatic carbocycles. The number of benzene rings is 1. The lowest BCUT2D eigenvalue weighted by molar-refractivity contribution is 0.588. The van der Waals surface area contributed by atoms with Gasteiger partial charge in [-0.15, -0.1) is 11.3 Å². The maximum absolute atomic E-state index is 13.5. The molecule has 1 aromatic heterocycles. The van der Waals surface area contributed by atoms with Gasteiger partial charge in [0.2, 0.25) is 0 Å². The molecule has 0 unspecified atom stereocenters. The van der Waals surface area contributed by atoms with E-state index in [1.807, 2.05) is 12.1 Å². The van der Waals surface area contributed by atoms with Gasteiger partial charge in [0.15, 0.2) is 0 Å². The maximum atomic E-state index is 13.5. The second-order valence-corrected chi connectivity index (χ2v) is 7.33. The average molecular weight is 393 g/mol. The Labute approximate surface area is 127 Å². The monoisotopic (exact) mass is 391 g/mol. The summed E-state index contributed by atoms with van der Waals surface area (Å²) in [5.41, 5.74) is 0.700. The first-order valence-electron chi connectivity index (χ1n) is 5.54. The van der Waals surface area contributed by atoms with E-state index in [2.05, 4.69) is 43.2 Å². The van der Waals surface area contributed by atoms with E-state index in [9.17, 15) is 4.39 Å². The molecule has 5 heteroatoms. The van der Waals surface area contributed by atoms with Crippen molar-refractivity contribution in [1.82, 2.24) is 5.32 Å². The van der Waals surface area contributed by atoms with Crippen LogP contribution >= 0.6 is 43.2 Å². The van der Waals surface area contributed by atoms with Crippen LogP contribution in [0.25, 0.3) is 0 Å². The minimum absolute atomic E-state index is 0.171. The Hall–Kier alpha value is -0.230. The Morgan fingerprint density at radius 2 is 2.00 bits per heavy atom. The van der Waals surface area contributed by atoms with E-state index in [0.29, 0.717) is 12.1 Å². The van der Waals surface area contributed by atoms with Crippen molar-refractivity contribution in [3.63, 3.8) is 0 Å². The molecule has 0 aliphatic rings. The van der Waals surface area contributed by atoms with E-state index in [1.165, 1.54) is 10.9 Å². The van der Waals surface area contributed by atoms with Gasteiger partial charge < -0.3 is 5.32 Å². The summed E-state index contributed by atoms with van der Waals surface area (Å²) in [6.45, 7) is 1.41. The van der Waals surface area contributed by atoms with Gasteiger partial charge in [0.05, 0.1) is 3.79 Å². The first kappa shape index (κ1) is 14.2. The molecule has 1 nitrogen and oxygen atoms in total. The predicted molar refractivity (Wildman–Crippen MR) is 81.5 cm³/mol. The van der Waals surface area contributed by atoms with E-state index in [-0.39, 0.29) is 5.82 Å². The van der Waals surface area contributed by atoms with Crippen molar-refractivity contribution < 1.29 is 4.39 Å². The molecule has 0 radical (unpaired) electrons. The number of thiophene rings is 1. The summed E-state index contributed by atoms with van der Waals surface area (Å²) in [6, 6.07) is 9.31. The van der Waals surface area contributed by atoms with E-state index in [4.69, 9.17) is 0 Å². The van der Waals surface area contributed by atoms with Gasteiger partial charge in [-0.25, -0.2) is 4.39 Å². The highest BCUT2D eigenvalue weighted by molar-refractivity contribution is 9.11. The maximum Gasteiger partial charge on any atom is 0.128 e. The summed E-state index contributed by atoms with van der Waals surface area (Å²) in [5.74, 6) is -0.171. The smallest absolute Gasteiger partial charge is 0.128 e. The first-order valence-corrected chi connectivity index (χ1v) is 7.94. The largest absolute Gasteiger partial charge is 0.312 e. The van der Waals surface area contributed by atoms with Crippen molar-refractivity contribution in [3.8, 4) is 0 Å². The van der Waals surface area contributed by atoms with E-state index >= 15 is 0 Å². The zero-order valence-electron chi connectivity index (χ0n) is 9.55. The third-order valence-electron chi connectivity index (χ3n) is 2.51. The molecule has 2 aromatic rings. The number of nitrogens with one attached hydrogen (secondary N) is 1. The predicted octanol–water partition coefficient (Wildman–Crippen LogP) is 4.74. The number of hydrogen-bond acceptors (Lipinski definition) is 2. The van der Waals surface area contributed by atoms with Gasteiger partial charge in [-0.05, 0) is 46.6 Å². The van der Waals surface area contributed by atoms with E-state index in [0.717, 1.165) is 21.2 Å². The SMILES string of the molecule is Fc1cc(Br)ccc1CNCCc1ccc(Br)s1. The highest BCUT2D eigenvalue weighted by Crippen LogP contribution is 2.22. The summed E-state index contributed by atoms with van der Waals surface area (Å²) in [6.07, 6.45) is 0.967. The molecule has 0 amide bonds. The minimum Gasteiger partial charge on any atom is -0.312 e. The van der Waals surface area contributed by atoms with Gasteiger partial charge >= 0.3 is 0 Å². The molecule has 0 atom stereocenters. The summed E-state index contributed by atoms with van der Waals surface area (Å²) < 4.78 is 15.4. The molecule has 0 bridgehead atoms. The van der Waals surface area contributed by atoms with Crippen LogP contribution in [0.3, 0.4) is 0 Å². The van der Waals surface area contributed by atoms with E-state index < -0.39 is 0 Å². The summed E-state index contributed by atoms with van der Waals surface area (Å²) in [5, 5.41) is 3.26. The van der Waals surface area contributed by atoms with Gasteiger partial charge in [-0.1, -0.05) is 22.0 Å². The summed E-state index contributed by atoms with van der Waals surface area (Å²) in [4.78, 5) is 1.32. The first-order chi connectivity index (χ1) is 8.65. The third-order valence-corrected chi connectivity index (χ3v) is 4.68. The fourth-order valence-electron chi connectivity index (χ4n) is 1.59. The summed E-state index contributed by atoms with van der Waals surface area (Å²) >= 11 is 8.42. The third kappa shape index (κ3) is 4.16. The Kier molecular flexibility index (Phi) is 5.36. The van der Waals surface area contributed by atoms with Crippen molar-refractivity contribution in [1.29, 1.82) is 0 Å². The van der Waals surface area contributed by atoms with Crippen LogP contribution in [0.4, 0.5) is 4.39 Å².